The molecule has 0 bridgehead atoms. The van der Waals surface area contributed by atoms with E-state index in [4.69, 9.17) is 14.2 Å². The van der Waals surface area contributed by atoms with Gasteiger partial charge in [-0.25, -0.2) is 0 Å². The maximum absolute atomic E-state index is 13.8. The monoisotopic (exact) mass is 721 g/mol. The molecule has 0 radical (unpaired) electrons. The number of methoxy groups -OCH3 is 1. The number of hydrogen-bond acceptors (Lipinski definition) is 10. The zero-order valence-corrected chi connectivity index (χ0v) is 30.3. The lowest BCUT2D eigenvalue weighted by Gasteiger charge is -2.23. The second-order valence-corrected chi connectivity index (χ2v) is 14.2. The van der Waals surface area contributed by atoms with Gasteiger partial charge in [0, 0.05) is 11.3 Å². The number of anilines is 1. The van der Waals surface area contributed by atoms with Crippen LogP contribution in [0.3, 0.4) is 0 Å². The molecule has 11 heteroatoms. The summed E-state index contributed by atoms with van der Waals surface area (Å²) in [6.45, 7) is 5.07. The molecule has 1 unspecified atom stereocenters. The number of aromatic nitrogens is 2. The van der Waals surface area contributed by atoms with Gasteiger partial charge in [-0.3, -0.25) is 14.5 Å². The fraction of sp³-hybridized carbons (Fsp3) is 0.250. The fourth-order valence-electron chi connectivity index (χ4n) is 5.73. The molecule has 51 heavy (non-hydrogen) atoms. The Labute approximate surface area is 305 Å². The van der Waals surface area contributed by atoms with E-state index in [1.165, 1.54) is 28.0 Å². The van der Waals surface area contributed by atoms with E-state index >= 15 is 0 Å². The predicted octanol–water partition coefficient (Wildman–Crippen LogP) is 8.92. The minimum Gasteiger partial charge on any atom is -0.507 e. The Hall–Kier alpha value is -5.13. The molecule has 0 saturated carbocycles. The van der Waals surface area contributed by atoms with Crippen molar-refractivity contribution in [3.05, 3.63) is 130 Å². The number of Topliss-reactive ketones (excluding diaryl/α,β-unsaturated/α-hetero) is 1. The molecule has 1 saturated heterocycles. The van der Waals surface area contributed by atoms with Gasteiger partial charge in [-0.2, -0.15) is 0 Å². The first-order valence-electron chi connectivity index (χ1n) is 16.8. The summed E-state index contributed by atoms with van der Waals surface area (Å²) >= 11 is 2.71. The van der Waals surface area contributed by atoms with E-state index in [1.807, 2.05) is 61.5 Å². The number of carbonyl (C=O) groups excluding carboxylic acids is 2. The van der Waals surface area contributed by atoms with Crippen LogP contribution in [-0.4, -0.2) is 40.7 Å². The number of ketones is 1. The first-order valence-corrected chi connectivity index (χ1v) is 18.6. The molecule has 2 heterocycles. The number of thioether (sulfide) groups is 1. The van der Waals surface area contributed by atoms with Gasteiger partial charge in [0.2, 0.25) is 5.13 Å². The highest BCUT2D eigenvalue weighted by atomic mass is 32.2. The van der Waals surface area contributed by atoms with E-state index in [-0.39, 0.29) is 16.5 Å². The van der Waals surface area contributed by atoms with Crippen LogP contribution in [0.4, 0.5) is 5.13 Å². The number of rotatable bonds is 15. The van der Waals surface area contributed by atoms with Crippen LogP contribution in [-0.2, 0) is 21.9 Å². The second kappa shape index (κ2) is 16.7. The zero-order chi connectivity index (χ0) is 35.7. The highest BCUT2D eigenvalue weighted by molar-refractivity contribution is 8.00. The van der Waals surface area contributed by atoms with Gasteiger partial charge < -0.3 is 19.3 Å². The van der Waals surface area contributed by atoms with Crippen LogP contribution in [0, 0.1) is 6.92 Å². The first kappa shape index (κ1) is 35.7. The van der Waals surface area contributed by atoms with E-state index in [0.29, 0.717) is 51.7 Å². The van der Waals surface area contributed by atoms with E-state index in [9.17, 15) is 14.7 Å². The maximum Gasteiger partial charge on any atom is 0.301 e. The molecular formula is C40H39N3O6S2. The summed E-state index contributed by atoms with van der Waals surface area (Å²) in [7, 11) is 1.54. The molecule has 0 spiro atoms. The number of hydrogen-bond donors (Lipinski definition) is 1. The quantitative estimate of drug-likeness (QED) is 0.0283. The second-order valence-electron chi connectivity index (χ2n) is 12.0. The molecule has 1 fully saturated rings. The topological polar surface area (TPSA) is 111 Å². The van der Waals surface area contributed by atoms with Crippen molar-refractivity contribution in [1.29, 1.82) is 0 Å². The third kappa shape index (κ3) is 8.27. The van der Waals surface area contributed by atoms with Crippen molar-refractivity contribution in [2.45, 2.75) is 55.9 Å². The molecule has 1 aliphatic rings. The van der Waals surface area contributed by atoms with Crippen molar-refractivity contribution < 1.29 is 28.9 Å². The number of nitrogens with zero attached hydrogens (tertiary/aromatic N) is 3. The molecule has 5 aromatic rings. The van der Waals surface area contributed by atoms with Crippen molar-refractivity contribution in [2.75, 3.05) is 18.6 Å². The SMILES string of the molecule is CCCCCOc1ccc(C2/C(=C(\O)c3ccc(OCc4ccccc4C)cc3)C(=O)C(=O)N2c2nnc(SCc3ccccc3)s2)cc1OC. The lowest BCUT2D eigenvalue weighted by Crippen LogP contribution is -2.29. The summed E-state index contributed by atoms with van der Waals surface area (Å²) in [5.74, 6) is 0.305. The Morgan fingerprint density at radius 2 is 1.67 bits per heavy atom. The van der Waals surface area contributed by atoms with Crippen LogP contribution in [0.15, 0.2) is 107 Å². The molecule has 1 atom stereocenters. The van der Waals surface area contributed by atoms with Crippen molar-refractivity contribution in [2.24, 2.45) is 0 Å². The normalized spacial score (nSPS) is 15.3. The van der Waals surface area contributed by atoms with E-state index in [2.05, 4.69) is 17.1 Å². The summed E-state index contributed by atoms with van der Waals surface area (Å²) in [6, 6.07) is 29.0. The fourth-order valence-corrected chi connectivity index (χ4v) is 7.55. The van der Waals surface area contributed by atoms with E-state index in [1.54, 1.807) is 49.6 Å². The first-order chi connectivity index (χ1) is 24.9. The van der Waals surface area contributed by atoms with Crippen LogP contribution in [0.1, 0.15) is 60.0 Å². The molecule has 1 N–H and O–H groups in total. The minimum atomic E-state index is -1.01. The van der Waals surface area contributed by atoms with Crippen LogP contribution in [0.25, 0.3) is 5.76 Å². The maximum atomic E-state index is 13.8. The van der Waals surface area contributed by atoms with Gasteiger partial charge in [-0.1, -0.05) is 104 Å². The summed E-state index contributed by atoms with van der Waals surface area (Å²) in [4.78, 5) is 29.0. The molecule has 6 rings (SSSR count). The zero-order valence-electron chi connectivity index (χ0n) is 28.7. The number of benzene rings is 4. The van der Waals surface area contributed by atoms with Crippen LogP contribution < -0.4 is 19.1 Å². The molecule has 1 aliphatic heterocycles. The number of carbonyl (C=O) groups is 2. The number of ether oxygens (including phenoxy) is 3. The van der Waals surface area contributed by atoms with Crippen LogP contribution in [0.5, 0.6) is 17.2 Å². The van der Waals surface area contributed by atoms with Gasteiger partial charge in [0.1, 0.15) is 18.1 Å². The molecular weight excluding hydrogens is 683 g/mol. The number of unbranched alkanes of at least 4 members (excludes halogenated alkanes) is 2. The third-order valence-corrected chi connectivity index (χ3v) is 10.7. The molecule has 0 aliphatic carbocycles. The number of amides is 1. The van der Waals surface area contributed by atoms with Gasteiger partial charge in [0.25, 0.3) is 5.78 Å². The van der Waals surface area contributed by atoms with Crippen molar-refractivity contribution in [3.8, 4) is 17.2 Å². The van der Waals surface area contributed by atoms with Crippen molar-refractivity contribution in [1.82, 2.24) is 10.2 Å². The Bertz CT molecular complexity index is 2010. The lowest BCUT2D eigenvalue weighted by molar-refractivity contribution is -0.132. The summed E-state index contributed by atoms with van der Waals surface area (Å²) in [5.41, 5.74) is 4.15. The Balaban J connectivity index is 1.33. The van der Waals surface area contributed by atoms with Crippen molar-refractivity contribution in [3.63, 3.8) is 0 Å². The smallest absolute Gasteiger partial charge is 0.301 e. The predicted molar refractivity (Wildman–Crippen MR) is 201 cm³/mol. The summed E-state index contributed by atoms with van der Waals surface area (Å²) in [6.07, 6.45) is 3.01. The average molecular weight is 722 g/mol. The number of aliphatic hydroxyl groups is 1. The lowest BCUT2D eigenvalue weighted by atomic mass is 9.95. The molecule has 1 aromatic heterocycles. The van der Waals surface area contributed by atoms with Gasteiger partial charge in [-0.15, -0.1) is 10.2 Å². The van der Waals surface area contributed by atoms with Crippen LogP contribution >= 0.6 is 23.1 Å². The standard InChI is InChI=1S/C40H39N3O6S2/c1-4-5-11-22-48-32-21-18-29(23-33(32)47-3)35-34(36(44)28-16-19-31(20-17-28)49-24-30-15-10-9-12-26(30)2)37(45)38(46)43(35)39-41-42-40(51-39)50-25-27-13-7-6-8-14-27/h6-10,12-21,23,35,44H,4-5,11,22,24-25H2,1-3H3/b36-34+. The highest BCUT2D eigenvalue weighted by Gasteiger charge is 2.48. The molecule has 1 amide bonds. The Morgan fingerprint density at radius 3 is 2.41 bits per heavy atom. The van der Waals surface area contributed by atoms with Crippen LogP contribution in [0.2, 0.25) is 0 Å². The summed E-state index contributed by atoms with van der Waals surface area (Å²) < 4.78 is 18.3. The average Bonchev–Trinajstić information content (AvgIpc) is 3.73. The highest BCUT2D eigenvalue weighted by Crippen LogP contribution is 2.45. The Kier molecular flexibility index (Phi) is 11.7. The Morgan fingerprint density at radius 1 is 0.902 bits per heavy atom. The summed E-state index contributed by atoms with van der Waals surface area (Å²) in [5, 5.41) is 20.7. The van der Waals surface area contributed by atoms with Crippen molar-refractivity contribution >= 4 is 45.7 Å². The van der Waals surface area contributed by atoms with E-state index < -0.39 is 17.7 Å². The molecule has 4 aromatic carbocycles. The van der Waals surface area contributed by atoms with Gasteiger partial charge >= 0.3 is 5.91 Å². The minimum absolute atomic E-state index is 0.0686. The van der Waals surface area contributed by atoms with E-state index in [0.717, 1.165) is 36.0 Å². The molecule has 9 nitrogen and oxygen atoms in total. The van der Waals surface area contributed by atoms with Gasteiger partial charge in [0.15, 0.2) is 15.8 Å². The number of aliphatic hydroxyl groups excluding tert-OH is 1. The van der Waals surface area contributed by atoms with Gasteiger partial charge in [-0.05, 0) is 72.0 Å². The largest absolute Gasteiger partial charge is 0.507 e. The third-order valence-electron chi connectivity index (χ3n) is 8.54. The molecule has 262 valence electrons. The number of aryl methyl sites for hydroxylation is 1. The van der Waals surface area contributed by atoms with Gasteiger partial charge in [0.05, 0.1) is 25.3 Å².